The Morgan fingerprint density at radius 2 is 2.19 bits per heavy atom. The Kier molecular flexibility index (Phi) is 4.19. The van der Waals surface area contributed by atoms with E-state index in [-0.39, 0.29) is 12.4 Å². The topological polar surface area (TPSA) is 58.6 Å². The Hall–Kier alpha value is -1.69. The molecule has 4 nitrogen and oxygen atoms in total. The molecule has 1 aromatic carbocycles. The van der Waals surface area contributed by atoms with Gasteiger partial charge in [0, 0.05) is 6.07 Å². The van der Waals surface area contributed by atoms with Gasteiger partial charge in [0.1, 0.15) is 18.4 Å². The number of hydrogen-bond donors (Lipinski definition) is 2. The van der Waals surface area contributed by atoms with E-state index in [2.05, 4.69) is 5.32 Å². The molecule has 16 heavy (non-hydrogen) atoms. The summed E-state index contributed by atoms with van der Waals surface area (Å²) >= 11 is 0. The van der Waals surface area contributed by atoms with E-state index in [1.54, 1.807) is 0 Å². The van der Waals surface area contributed by atoms with Gasteiger partial charge in [-0.3, -0.25) is 4.79 Å². The van der Waals surface area contributed by atoms with Crippen molar-refractivity contribution in [2.24, 2.45) is 0 Å². The lowest BCUT2D eigenvalue weighted by atomic mass is 10.3. The minimum absolute atomic E-state index is 0.0837. The van der Waals surface area contributed by atoms with Crippen LogP contribution in [0.3, 0.4) is 0 Å². The van der Waals surface area contributed by atoms with Crippen molar-refractivity contribution in [1.29, 1.82) is 0 Å². The molecule has 0 spiro atoms. The maximum atomic E-state index is 12.8. The van der Waals surface area contributed by atoms with Crippen molar-refractivity contribution >= 4 is 5.97 Å². The van der Waals surface area contributed by atoms with Crippen LogP contribution in [0, 0.1) is 11.6 Å². The Balaban J connectivity index is 2.60. The van der Waals surface area contributed by atoms with E-state index in [1.807, 2.05) is 0 Å². The van der Waals surface area contributed by atoms with Gasteiger partial charge in [-0.1, -0.05) is 0 Å². The van der Waals surface area contributed by atoms with Crippen molar-refractivity contribution in [3.05, 3.63) is 29.8 Å². The normalized spacial score (nSPS) is 12.2. The van der Waals surface area contributed by atoms with Crippen LogP contribution in [0.5, 0.6) is 5.75 Å². The summed E-state index contributed by atoms with van der Waals surface area (Å²) in [5.41, 5.74) is 0. The lowest BCUT2D eigenvalue weighted by Gasteiger charge is -2.12. The Morgan fingerprint density at radius 3 is 2.69 bits per heavy atom. The Bertz CT molecular complexity index is 384. The summed E-state index contributed by atoms with van der Waals surface area (Å²) in [6, 6.07) is 2.12. The van der Waals surface area contributed by atoms with Gasteiger partial charge >= 0.3 is 5.97 Å². The van der Waals surface area contributed by atoms with Gasteiger partial charge in [-0.05, 0) is 19.2 Å². The van der Waals surface area contributed by atoms with E-state index < -0.39 is 23.6 Å². The molecule has 0 amide bonds. The average molecular weight is 231 g/mol. The highest BCUT2D eigenvalue weighted by molar-refractivity contribution is 5.73. The second-order valence-electron chi connectivity index (χ2n) is 3.07. The van der Waals surface area contributed by atoms with Gasteiger partial charge < -0.3 is 15.2 Å². The highest BCUT2D eigenvalue weighted by atomic mass is 19.2. The number of ether oxygens (including phenoxy) is 1. The molecule has 0 saturated carbocycles. The maximum absolute atomic E-state index is 12.8. The predicted molar refractivity (Wildman–Crippen MR) is 52.3 cm³/mol. The zero-order chi connectivity index (χ0) is 12.1. The molecule has 0 unspecified atom stereocenters. The minimum atomic E-state index is -1.08. The fraction of sp³-hybridized carbons (Fsp3) is 0.300. The van der Waals surface area contributed by atoms with E-state index >= 15 is 0 Å². The second kappa shape index (κ2) is 5.41. The summed E-state index contributed by atoms with van der Waals surface area (Å²) in [7, 11) is 1.47. The number of carboxylic acid groups (broad SMARTS) is 1. The molecule has 0 aliphatic heterocycles. The molecule has 0 aromatic heterocycles. The van der Waals surface area contributed by atoms with Gasteiger partial charge in [0.25, 0.3) is 0 Å². The molecule has 6 heteroatoms. The van der Waals surface area contributed by atoms with Crippen LogP contribution in [0.2, 0.25) is 0 Å². The molecule has 1 atom stereocenters. The van der Waals surface area contributed by atoms with Crippen LogP contribution in [-0.2, 0) is 4.79 Å². The molecule has 0 saturated heterocycles. The van der Waals surface area contributed by atoms with Crippen LogP contribution in [-0.4, -0.2) is 30.8 Å². The van der Waals surface area contributed by atoms with Crippen LogP contribution in [0.25, 0.3) is 0 Å². The highest BCUT2D eigenvalue weighted by Crippen LogP contribution is 2.15. The standard InChI is InChI=1S/C10H11F2NO3/c1-13-9(10(14)15)5-16-6-2-3-7(11)8(12)4-6/h2-4,9,13H,5H2,1H3,(H,14,15)/t9-/m0/s1. The molecule has 0 fully saturated rings. The van der Waals surface area contributed by atoms with E-state index in [9.17, 15) is 13.6 Å². The average Bonchev–Trinajstić information content (AvgIpc) is 2.23. The van der Waals surface area contributed by atoms with Gasteiger partial charge in [-0.25, -0.2) is 8.78 Å². The first-order chi connectivity index (χ1) is 7.54. The Labute approximate surface area is 90.8 Å². The molecule has 1 aromatic rings. The van der Waals surface area contributed by atoms with Crippen molar-refractivity contribution in [2.75, 3.05) is 13.7 Å². The van der Waals surface area contributed by atoms with Gasteiger partial charge in [0.2, 0.25) is 0 Å². The first kappa shape index (κ1) is 12.4. The number of hydrogen-bond acceptors (Lipinski definition) is 3. The Morgan fingerprint density at radius 1 is 1.50 bits per heavy atom. The summed E-state index contributed by atoms with van der Waals surface area (Å²) < 4.78 is 30.3. The summed E-state index contributed by atoms with van der Waals surface area (Å²) in [6.45, 7) is -0.170. The molecule has 0 aliphatic rings. The number of rotatable bonds is 5. The van der Waals surface area contributed by atoms with Gasteiger partial charge in [-0.15, -0.1) is 0 Å². The van der Waals surface area contributed by atoms with Crippen molar-refractivity contribution in [3.63, 3.8) is 0 Å². The molecule has 1 rings (SSSR count). The highest BCUT2D eigenvalue weighted by Gasteiger charge is 2.15. The van der Waals surface area contributed by atoms with Gasteiger partial charge in [-0.2, -0.15) is 0 Å². The predicted octanol–water partition coefficient (Wildman–Crippen LogP) is 1.02. The van der Waals surface area contributed by atoms with Crippen LogP contribution in [0.15, 0.2) is 18.2 Å². The van der Waals surface area contributed by atoms with E-state index in [1.165, 1.54) is 13.1 Å². The second-order valence-corrected chi connectivity index (χ2v) is 3.07. The van der Waals surface area contributed by atoms with Crippen molar-refractivity contribution in [1.82, 2.24) is 5.32 Å². The molecular formula is C10H11F2NO3. The molecule has 0 heterocycles. The SMILES string of the molecule is CN[C@@H](COc1ccc(F)c(F)c1)C(=O)O. The maximum Gasteiger partial charge on any atom is 0.324 e. The zero-order valence-electron chi connectivity index (χ0n) is 8.54. The molecule has 0 aliphatic carbocycles. The number of halogens is 2. The number of aliphatic carboxylic acids is 1. The number of nitrogens with one attached hydrogen (secondary N) is 1. The van der Waals surface area contributed by atoms with E-state index in [0.29, 0.717) is 0 Å². The monoisotopic (exact) mass is 231 g/mol. The van der Waals surface area contributed by atoms with Crippen LogP contribution in [0.1, 0.15) is 0 Å². The number of benzene rings is 1. The molecule has 88 valence electrons. The van der Waals surface area contributed by atoms with Crippen molar-refractivity contribution in [3.8, 4) is 5.75 Å². The van der Waals surface area contributed by atoms with Crippen molar-refractivity contribution in [2.45, 2.75) is 6.04 Å². The van der Waals surface area contributed by atoms with Crippen LogP contribution >= 0.6 is 0 Å². The molecule has 2 N–H and O–H groups in total. The van der Waals surface area contributed by atoms with Gasteiger partial charge in [0.05, 0.1) is 0 Å². The minimum Gasteiger partial charge on any atom is -0.491 e. The van der Waals surface area contributed by atoms with Crippen LogP contribution in [0.4, 0.5) is 8.78 Å². The number of likely N-dealkylation sites (N-methyl/N-ethyl adjacent to an activating group) is 1. The lowest BCUT2D eigenvalue weighted by molar-refractivity contribution is -0.140. The molecule has 0 bridgehead atoms. The fourth-order valence-corrected chi connectivity index (χ4v) is 1.02. The molecular weight excluding hydrogens is 220 g/mol. The summed E-state index contributed by atoms with van der Waals surface area (Å²) in [6.07, 6.45) is 0. The first-order valence-corrected chi connectivity index (χ1v) is 4.52. The summed E-state index contributed by atoms with van der Waals surface area (Å²) in [5.74, 6) is -3.00. The summed E-state index contributed by atoms with van der Waals surface area (Å²) in [5, 5.41) is 11.2. The quantitative estimate of drug-likeness (QED) is 0.794. The fourth-order valence-electron chi connectivity index (χ4n) is 1.02. The van der Waals surface area contributed by atoms with Crippen molar-refractivity contribution < 1.29 is 23.4 Å². The third kappa shape index (κ3) is 3.16. The first-order valence-electron chi connectivity index (χ1n) is 4.52. The number of carboxylic acids is 1. The number of carbonyl (C=O) groups is 1. The third-order valence-corrected chi connectivity index (χ3v) is 1.95. The largest absolute Gasteiger partial charge is 0.491 e. The van der Waals surface area contributed by atoms with Crippen LogP contribution < -0.4 is 10.1 Å². The van der Waals surface area contributed by atoms with Gasteiger partial charge in [0.15, 0.2) is 11.6 Å². The van der Waals surface area contributed by atoms with E-state index in [0.717, 1.165) is 12.1 Å². The zero-order valence-corrected chi connectivity index (χ0v) is 8.54. The summed E-state index contributed by atoms with van der Waals surface area (Å²) in [4.78, 5) is 10.6. The van der Waals surface area contributed by atoms with E-state index in [4.69, 9.17) is 9.84 Å². The third-order valence-electron chi connectivity index (χ3n) is 1.95. The lowest BCUT2D eigenvalue weighted by Crippen LogP contribution is -2.39. The molecule has 0 radical (unpaired) electrons. The smallest absolute Gasteiger partial charge is 0.324 e.